The van der Waals surface area contributed by atoms with E-state index in [1.165, 1.54) is 11.1 Å². The van der Waals surface area contributed by atoms with Crippen LogP contribution >= 0.6 is 0 Å². The van der Waals surface area contributed by atoms with E-state index in [0.29, 0.717) is 12.0 Å². The van der Waals surface area contributed by atoms with Crippen LogP contribution in [0.2, 0.25) is 0 Å². The highest BCUT2D eigenvalue weighted by molar-refractivity contribution is 5.45. The maximum absolute atomic E-state index is 4.24. The highest BCUT2D eigenvalue weighted by Crippen LogP contribution is 2.45. The lowest BCUT2D eigenvalue weighted by Gasteiger charge is -2.19. The minimum Gasteiger partial charge on any atom is -0.347 e. The first-order valence-electron chi connectivity index (χ1n) is 6.30. The van der Waals surface area contributed by atoms with Crippen LogP contribution in [0.15, 0.2) is 42.7 Å². The molecule has 1 aromatic carbocycles. The number of hydrogen-bond donors (Lipinski definition) is 1. The third-order valence-electron chi connectivity index (χ3n) is 3.65. The summed E-state index contributed by atoms with van der Waals surface area (Å²) in [5.41, 5.74) is 3.01. The number of nitrogens with one attached hydrogen (secondary N) is 1. The average Bonchev–Trinajstić information content (AvgIpc) is 2.63. The van der Waals surface area contributed by atoms with Crippen molar-refractivity contribution in [3.05, 3.63) is 53.9 Å². The molecule has 0 aliphatic heterocycles. The molecule has 0 spiro atoms. The lowest BCUT2D eigenvalue weighted by molar-refractivity contribution is 0.492. The zero-order valence-electron chi connectivity index (χ0n) is 10.7. The van der Waals surface area contributed by atoms with Gasteiger partial charge in [0.1, 0.15) is 0 Å². The summed E-state index contributed by atoms with van der Waals surface area (Å²) >= 11 is 0. The summed E-state index contributed by atoms with van der Waals surface area (Å²) < 4.78 is 0. The van der Waals surface area contributed by atoms with Crippen molar-refractivity contribution >= 4 is 5.95 Å². The molecule has 1 aliphatic carbocycles. The van der Waals surface area contributed by atoms with E-state index in [0.717, 1.165) is 6.42 Å². The number of hydrogen-bond acceptors (Lipinski definition) is 3. The van der Waals surface area contributed by atoms with Gasteiger partial charge >= 0.3 is 0 Å². The van der Waals surface area contributed by atoms with Crippen molar-refractivity contribution in [2.75, 3.05) is 5.32 Å². The molecule has 3 rings (SSSR count). The monoisotopic (exact) mass is 239 g/mol. The Labute approximate surface area is 107 Å². The lowest BCUT2D eigenvalue weighted by Crippen LogP contribution is -2.15. The van der Waals surface area contributed by atoms with Gasteiger partial charge in [-0.15, -0.1) is 0 Å². The summed E-state index contributed by atoms with van der Waals surface area (Å²) in [5.74, 6) is 0.704. The molecule has 0 bridgehead atoms. The first-order valence-corrected chi connectivity index (χ1v) is 6.30. The molecule has 92 valence electrons. The Balaban J connectivity index is 1.92. The van der Waals surface area contributed by atoms with Gasteiger partial charge in [-0.1, -0.05) is 38.1 Å². The predicted molar refractivity (Wildman–Crippen MR) is 72.5 cm³/mol. The maximum Gasteiger partial charge on any atom is 0.223 e. The van der Waals surface area contributed by atoms with Gasteiger partial charge in [-0.3, -0.25) is 0 Å². The van der Waals surface area contributed by atoms with Crippen LogP contribution in [-0.4, -0.2) is 9.97 Å². The van der Waals surface area contributed by atoms with Gasteiger partial charge in [0.05, 0.1) is 6.04 Å². The van der Waals surface area contributed by atoms with Crippen molar-refractivity contribution in [1.82, 2.24) is 9.97 Å². The van der Waals surface area contributed by atoms with Crippen molar-refractivity contribution in [2.24, 2.45) is 0 Å². The van der Waals surface area contributed by atoms with Gasteiger partial charge in [-0.05, 0) is 29.0 Å². The third kappa shape index (κ3) is 1.86. The Morgan fingerprint density at radius 1 is 1.11 bits per heavy atom. The number of aromatic nitrogens is 2. The first kappa shape index (κ1) is 11.2. The quantitative estimate of drug-likeness (QED) is 0.873. The molecule has 0 amide bonds. The van der Waals surface area contributed by atoms with Crippen LogP contribution in [0.3, 0.4) is 0 Å². The topological polar surface area (TPSA) is 37.8 Å². The van der Waals surface area contributed by atoms with Gasteiger partial charge < -0.3 is 5.32 Å². The molecule has 0 radical (unpaired) electrons. The number of benzene rings is 1. The summed E-state index contributed by atoms with van der Waals surface area (Å²) in [4.78, 5) is 8.48. The van der Waals surface area contributed by atoms with Crippen molar-refractivity contribution in [3.63, 3.8) is 0 Å². The number of fused-ring (bicyclic) bond motifs is 1. The van der Waals surface area contributed by atoms with E-state index in [2.05, 4.69) is 53.4 Å². The van der Waals surface area contributed by atoms with E-state index in [1.54, 1.807) is 12.4 Å². The Hall–Kier alpha value is -1.90. The zero-order chi connectivity index (χ0) is 12.6. The number of anilines is 1. The second kappa shape index (κ2) is 4.09. The van der Waals surface area contributed by atoms with Gasteiger partial charge in [0.15, 0.2) is 0 Å². The standard InChI is InChI=1S/C15H17N3/c1-15(2)10-13(11-6-3-4-7-12(11)15)18-14-16-8-5-9-17-14/h3-9,13H,10H2,1-2H3,(H,16,17,18). The Morgan fingerprint density at radius 2 is 1.83 bits per heavy atom. The number of nitrogens with zero attached hydrogens (tertiary/aromatic N) is 2. The molecular formula is C15H17N3. The van der Waals surface area contributed by atoms with Gasteiger partial charge in [0, 0.05) is 12.4 Å². The normalized spacial score (nSPS) is 20.4. The smallest absolute Gasteiger partial charge is 0.223 e. The minimum absolute atomic E-state index is 0.211. The average molecular weight is 239 g/mol. The first-order chi connectivity index (χ1) is 8.67. The molecular weight excluding hydrogens is 222 g/mol. The Bertz CT molecular complexity index is 549. The van der Waals surface area contributed by atoms with Crippen molar-refractivity contribution in [1.29, 1.82) is 0 Å². The van der Waals surface area contributed by atoms with Crippen LogP contribution in [-0.2, 0) is 5.41 Å². The van der Waals surface area contributed by atoms with E-state index in [9.17, 15) is 0 Å². The van der Waals surface area contributed by atoms with Crippen molar-refractivity contribution < 1.29 is 0 Å². The van der Waals surface area contributed by atoms with Crippen LogP contribution in [0.4, 0.5) is 5.95 Å². The van der Waals surface area contributed by atoms with Gasteiger partial charge in [-0.2, -0.15) is 0 Å². The molecule has 2 aromatic rings. The molecule has 18 heavy (non-hydrogen) atoms. The summed E-state index contributed by atoms with van der Waals surface area (Å²) in [6.45, 7) is 4.58. The second-order valence-electron chi connectivity index (χ2n) is 5.44. The Morgan fingerprint density at radius 3 is 2.61 bits per heavy atom. The molecule has 0 fully saturated rings. The minimum atomic E-state index is 0.211. The molecule has 1 atom stereocenters. The largest absolute Gasteiger partial charge is 0.347 e. The van der Waals surface area contributed by atoms with Crippen molar-refractivity contribution in [2.45, 2.75) is 31.7 Å². The zero-order valence-corrected chi connectivity index (χ0v) is 10.7. The van der Waals surface area contributed by atoms with E-state index >= 15 is 0 Å². The summed E-state index contributed by atoms with van der Waals surface area (Å²) in [6, 6.07) is 10.8. The molecule has 1 unspecified atom stereocenters. The second-order valence-corrected chi connectivity index (χ2v) is 5.44. The molecule has 3 heteroatoms. The van der Waals surface area contributed by atoms with E-state index in [4.69, 9.17) is 0 Å². The molecule has 0 saturated carbocycles. The predicted octanol–water partition coefficient (Wildman–Crippen LogP) is 3.31. The number of rotatable bonds is 2. The molecule has 1 N–H and O–H groups in total. The summed E-state index contributed by atoms with van der Waals surface area (Å²) in [7, 11) is 0. The Kier molecular flexibility index (Phi) is 2.54. The highest BCUT2D eigenvalue weighted by atomic mass is 15.1. The third-order valence-corrected chi connectivity index (χ3v) is 3.65. The van der Waals surface area contributed by atoms with Crippen molar-refractivity contribution in [3.8, 4) is 0 Å². The van der Waals surface area contributed by atoms with E-state index < -0.39 is 0 Å². The maximum atomic E-state index is 4.24. The van der Waals surface area contributed by atoms with E-state index in [-0.39, 0.29) is 5.41 Å². The lowest BCUT2D eigenvalue weighted by atomic mass is 9.86. The molecule has 1 heterocycles. The van der Waals surface area contributed by atoms with E-state index in [1.807, 2.05) is 6.07 Å². The summed E-state index contributed by atoms with van der Waals surface area (Å²) in [5, 5.41) is 3.43. The highest BCUT2D eigenvalue weighted by Gasteiger charge is 2.36. The molecule has 0 saturated heterocycles. The molecule has 1 aliphatic rings. The molecule has 3 nitrogen and oxygen atoms in total. The van der Waals surface area contributed by atoms with Gasteiger partial charge in [0.2, 0.25) is 5.95 Å². The van der Waals surface area contributed by atoms with Crippen LogP contribution in [0, 0.1) is 0 Å². The van der Waals surface area contributed by atoms with Crippen LogP contribution < -0.4 is 5.32 Å². The molecule has 1 aromatic heterocycles. The SMILES string of the molecule is CC1(C)CC(Nc2ncccn2)c2ccccc21. The van der Waals surface area contributed by atoms with Crippen LogP contribution in [0.5, 0.6) is 0 Å². The van der Waals surface area contributed by atoms with Gasteiger partial charge in [-0.25, -0.2) is 9.97 Å². The van der Waals surface area contributed by atoms with Crippen LogP contribution in [0.1, 0.15) is 37.4 Å². The fourth-order valence-electron chi connectivity index (χ4n) is 2.81. The van der Waals surface area contributed by atoms with Gasteiger partial charge in [0.25, 0.3) is 0 Å². The van der Waals surface area contributed by atoms with Crippen LogP contribution in [0.25, 0.3) is 0 Å². The fourth-order valence-corrected chi connectivity index (χ4v) is 2.81. The summed E-state index contributed by atoms with van der Waals surface area (Å²) in [6.07, 6.45) is 4.60. The fraction of sp³-hybridized carbons (Fsp3) is 0.333.